The predicted octanol–water partition coefficient (Wildman–Crippen LogP) is 7.22. The number of hydrogen-bond donors (Lipinski definition) is 0. The number of rotatable bonds is 14. The van der Waals surface area contributed by atoms with Crippen molar-refractivity contribution in [2.45, 2.75) is 129 Å². The van der Waals surface area contributed by atoms with Crippen molar-refractivity contribution in [1.82, 2.24) is 0 Å². The van der Waals surface area contributed by atoms with Gasteiger partial charge in [-0.3, -0.25) is 4.79 Å². The summed E-state index contributed by atoms with van der Waals surface area (Å²) >= 11 is 0. The number of esters is 1. The van der Waals surface area contributed by atoms with E-state index in [9.17, 15) is 4.79 Å². The summed E-state index contributed by atoms with van der Waals surface area (Å²) in [6.07, 6.45) is 23.7. The summed E-state index contributed by atoms with van der Waals surface area (Å²) in [6.45, 7) is 3.29. The zero-order valence-corrected chi connectivity index (χ0v) is 18.6. The highest BCUT2D eigenvalue weighted by atomic mass is 16.6. The lowest BCUT2D eigenvalue weighted by Gasteiger charge is -2.27. The molecule has 0 heterocycles. The van der Waals surface area contributed by atoms with Crippen molar-refractivity contribution >= 4 is 5.97 Å². The minimum absolute atomic E-state index is 0.0257. The minimum atomic E-state index is 0.0257. The first kappa shape index (κ1) is 23.7. The lowest BCUT2D eigenvalue weighted by molar-refractivity contribution is -0.152. The summed E-state index contributed by atoms with van der Waals surface area (Å²) in [5, 5.41) is 0. The molecule has 0 spiro atoms. The third-order valence-electron chi connectivity index (χ3n) is 6.88. The molecule has 0 bridgehead atoms. The van der Waals surface area contributed by atoms with Gasteiger partial charge >= 0.3 is 5.97 Å². The maximum absolute atomic E-state index is 12.3. The second-order valence-electron chi connectivity index (χ2n) is 9.28. The summed E-state index contributed by atoms with van der Waals surface area (Å²) in [4.78, 5) is 12.3. The van der Waals surface area contributed by atoms with Gasteiger partial charge in [-0.05, 0) is 44.4 Å². The van der Waals surface area contributed by atoms with Crippen LogP contribution in [0.2, 0.25) is 0 Å². The summed E-state index contributed by atoms with van der Waals surface area (Å²) in [7, 11) is 0. The molecule has 0 amide bonds. The molecule has 0 unspecified atom stereocenters. The van der Waals surface area contributed by atoms with E-state index in [-0.39, 0.29) is 11.9 Å². The molecule has 0 aromatic carbocycles. The highest BCUT2D eigenvalue weighted by molar-refractivity contribution is 5.72. The van der Waals surface area contributed by atoms with Gasteiger partial charge in [0.25, 0.3) is 0 Å². The SMILES string of the molecule is CCCCCCCCCCC1CCC(C(=O)OCCOC2CCCCC2)CC1. The van der Waals surface area contributed by atoms with E-state index < -0.39 is 0 Å². The molecule has 2 fully saturated rings. The van der Waals surface area contributed by atoms with E-state index in [1.54, 1.807) is 0 Å². The topological polar surface area (TPSA) is 35.5 Å². The van der Waals surface area contributed by atoms with Gasteiger partial charge in [0.2, 0.25) is 0 Å². The third-order valence-corrected chi connectivity index (χ3v) is 6.88. The Morgan fingerprint density at radius 3 is 2.07 bits per heavy atom. The Balaban J connectivity index is 1.42. The lowest BCUT2D eigenvalue weighted by atomic mass is 9.80. The van der Waals surface area contributed by atoms with E-state index in [0.29, 0.717) is 19.3 Å². The van der Waals surface area contributed by atoms with Crippen LogP contribution < -0.4 is 0 Å². The summed E-state index contributed by atoms with van der Waals surface area (Å²) < 4.78 is 11.3. The monoisotopic (exact) mass is 394 g/mol. The van der Waals surface area contributed by atoms with Crippen molar-refractivity contribution in [2.75, 3.05) is 13.2 Å². The van der Waals surface area contributed by atoms with Gasteiger partial charge in [0.1, 0.15) is 6.61 Å². The van der Waals surface area contributed by atoms with Gasteiger partial charge in [0, 0.05) is 0 Å². The summed E-state index contributed by atoms with van der Waals surface area (Å²) in [6, 6.07) is 0. The van der Waals surface area contributed by atoms with Crippen LogP contribution in [0.1, 0.15) is 122 Å². The van der Waals surface area contributed by atoms with Crippen LogP contribution in [-0.4, -0.2) is 25.3 Å². The zero-order chi connectivity index (χ0) is 19.9. The maximum Gasteiger partial charge on any atom is 0.309 e. The van der Waals surface area contributed by atoms with E-state index in [1.165, 1.54) is 103 Å². The van der Waals surface area contributed by atoms with Crippen LogP contribution in [0.15, 0.2) is 0 Å². The van der Waals surface area contributed by atoms with E-state index in [0.717, 1.165) is 18.8 Å². The maximum atomic E-state index is 12.3. The average molecular weight is 395 g/mol. The van der Waals surface area contributed by atoms with Gasteiger partial charge in [-0.1, -0.05) is 84.0 Å². The molecule has 0 N–H and O–H groups in total. The second-order valence-corrected chi connectivity index (χ2v) is 9.28. The van der Waals surface area contributed by atoms with Crippen LogP contribution >= 0.6 is 0 Å². The van der Waals surface area contributed by atoms with E-state index in [4.69, 9.17) is 9.47 Å². The van der Waals surface area contributed by atoms with E-state index >= 15 is 0 Å². The van der Waals surface area contributed by atoms with E-state index in [1.807, 2.05) is 0 Å². The second kappa shape index (κ2) is 15.3. The smallest absolute Gasteiger partial charge is 0.309 e. The molecule has 0 radical (unpaired) electrons. The molecule has 0 aromatic rings. The molecular weight excluding hydrogens is 348 g/mol. The zero-order valence-electron chi connectivity index (χ0n) is 18.6. The third kappa shape index (κ3) is 10.3. The normalized spacial score (nSPS) is 23.6. The first-order valence-electron chi connectivity index (χ1n) is 12.6. The van der Waals surface area contributed by atoms with Crippen molar-refractivity contribution < 1.29 is 14.3 Å². The fourth-order valence-electron chi connectivity index (χ4n) is 4.96. The van der Waals surface area contributed by atoms with Crippen LogP contribution in [-0.2, 0) is 14.3 Å². The first-order valence-corrected chi connectivity index (χ1v) is 12.6. The Morgan fingerprint density at radius 1 is 0.750 bits per heavy atom. The van der Waals surface area contributed by atoms with Gasteiger partial charge < -0.3 is 9.47 Å². The van der Waals surface area contributed by atoms with Crippen LogP contribution in [0.25, 0.3) is 0 Å². The average Bonchev–Trinajstić information content (AvgIpc) is 2.74. The van der Waals surface area contributed by atoms with Crippen molar-refractivity contribution in [3.8, 4) is 0 Å². The van der Waals surface area contributed by atoms with Crippen molar-refractivity contribution in [2.24, 2.45) is 11.8 Å². The van der Waals surface area contributed by atoms with Crippen LogP contribution in [0.5, 0.6) is 0 Å². The standard InChI is InChI=1S/C25H46O3/c1-2-3-4-5-6-7-8-10-13-22-16-18-23(19-17-22)25(26)28-21-20-27-24-14-11-9-12-15-24/h22-24H,2-21H2,1H3. The number of unbranched alkanes of at least 4 members (excludes halogenated alkanes) is 7. The molecule has 2 aliphatic rings. The summed E-state index contributed by atoms with van der Waals surface area (Å²) in [5.41, 5.74) is 0. The fourth-order valence-corrected chi connectivity index (χ4v) is 4.96. The molecule has 0 aromatic heterocycles. The minimum Gasteiger partial charge on any atom is -0.463 e. The van der Waals surface area contributed by atoms with Crippen LogP contribution in [0, 0.1) is 11.8 Å². The molecule has 0 atom stereocenters. The molecule has 0 aliphatic heterocycles. The fraction of sp³-hybridized carbons (Fsp3) is 0.960. The molecular formula is C25H46O3. The van der Waals surface area contributed by atoms with Gasteiger partial charge in [0.15, 0.2) is 0 Å². The molecule has 0 saturated heterocycles. The molecule has 3 nitrogen and oxygen atoms in total. The Labute approximate surface area is 174 Å². The molecule has 2 rings (SSSR count). The Kier molecular flexibility index (Phi) is 12.9. The van der Waals surface area contributed by atoms with Crippen molar-refractivity contribution in [1.29, 1.82) is 0 Å². The molecule has 3 heteroatoms. The van der Waals surface area contributed by atoms with Crippen LogP contribution in [0.3, 0.4) is 0 Å². The van der Waals surface area contributed by atoms with Gasteiger partial charge in [-0.2, -0.15) is 0 Å². The molecule has 28 heavy (non-hydrogen) atoms. The molecule has 164 valence electrons. The van der Waals surface area contributed by atoms with Crippen LogP contribution in [0.4, 0.5) is 0 Å². The first-order chi connectivity index (χ1) is 13.8. The number of ether oxygens (including phenoxy) is 2. The van der Waals surface area contributed by atoms with Crippen molar-refractivity contribution in [3.05, 3.63) is 0 Å². The predicted molar refractivity (Wildman–Crippen MR) is 116 cm³/mol. The molecule has 2 aliphatic carbocycles. The number of carbonyl (C=O) groups excluding carboxylic acids is 1. The Morgan fingerprint density at radius 2 is 1.39 bits per heavy atom. The largest absolute Gasteiger partial charge is 0.463 e. The van der Waals surface area contributed by atoms with Gasteiger partial charge in [-0.15, -0.1) is 0 Å². The summed E-state index contributed by atoms with van der Waals surface area (Å²) in [5.74, 6) is 1.01. The highest BCUT2D eigenvalue weighted by Crippen LogP contribution is 2.32. The van der Waals surface area contributed by atoms with Gasteiger partial charge in [0.05, 0.1) is 18.6 Å². The quantitative estimate of drug-likeness (QED) is 0.230. The number of carbonyl (C=O) groups is 1. The van der Waals surface area contributed by atoms with E-state index in [2.05, 4.69) is 6.92 Å². The number of hydrogen-bond acceptors (Lipinski definition) is 3. The lowest BCUT2D eigenvalue weighted by Crippen LogP contribution is -2.26. The van der Waals surface area contributed by atoms with Gasteiger partial charge in [-0.25, -0.2) is 0 Å². The highest BCUT2D eigenvalue weighted by Gasteiger charge is 2.27. The van der Waals surface area contributed by atoms with Crippen molar-refractivity contribution in [3.63, 3.8) is 0 Å². The Bertz CT molecular complexity index is 381. The molecule has 2 saturated carbocycles. The Hall–Kier alpha value is -0.570.